The lowest BCUT2D eigenvalue weighted by molar-refractivity contribution is -0.324. The van der Waals surface area contributed by atoms with Crippen molar-refractivity contribution < 1.29 is 52.3 Å². The van der Waals surface area contributed by atoms with Gasteiger partial charge < -0.3 is 34.3 Å². The average Bonchev–Trinajstić information content (AvgIpc) is 3.47. The molecule has 0 saturated carbocycles. The molecule has 0 aliphatic carbocycles. The third-order valence-corrected chi connectivity index (χ3v) is 8.32. The first-order valence-electron chi connectivity index (χ1n) is 12.0. The van der Waals surface area contributed by atoms with Crippen LogP contribution >= 0.6 is 0 Å². The molecule has 3 aliphatic heterocycles. The zero-order chi connectivity index (χ0) is 28.2. The molecule has 8 rings (SSSR count). The average molecular weight is 557 g/mol. The monoisotopic (exact) mass is 557 g/mol. The van der Waals surface area contributed by atoms with Crippen molar-refractivity contribution in [1.82, 2.24) is 14.5 Å². The largest absolute Gasteiger partial charge is 0.391 e. The molecule has 2 amide bonds. The molecular weight excluding hydrogens is 542 g/mol. The molecule has 2 aromatic heterocycles. The van der Waals surface area contributed by atoms with Crippen LogP contribution in [0.15, 0.2) is 24.3 Å². The second-order valence-corrected chi connectivity index (χ2v) is 10.2. The molecule has 1 fully saturated rings. The van der Waals surface area contributed by atoms with Gasteiger partial charge in [0.15, 0.2) is 35.2 Å². The Morgan fingerprint density at radius 2 is 1.32 bits per heavy atom. The molecule has 40 heavy (non-hydrogen) atoms. The Hall–Kier alpha value is -4.08. The number of carbonyl (C=O) groups excluding carboxylic acids is 2. The maximum atomic E-state index is 14.7. The zero-order valence-electron chi connectivity index (χ0n) is 19.7. The lowest BCUT2D eigenvalue weighted by atomic mass is 9.92. The van der Waals surface area contributed by atoms with E-state index in [1.165, 1.54) is 0 Å². The van der Waals surface area contributed by atoms with Gasteiger partial charge in [-0.2, -0.15) is 0 Å². The number of aromatic nitrogens is 2. The van der Waals surface area contributed by atoms with Gasteiger partial charge in [0.1, 0.15) is 18.3 Å². The highest BCUT2D eigenvalue weighted by atomic mass is 19.2. The molecular formula is C26H15F4N3O7. The van der Waals surface area contributed by atoms with E-state index >= 15 is 0 Å². The predicted octanol–water partition coefficient (Wildman–Crippen LogP) is 1.61. The fourth-order valence-electron chi connectivity index (χ4n) is 6.70. The normalized spacial score (nSPS) is 27.4. The van der Waals surface area contributed by atoms with Crippen molar-refractivity contribution in [3.63, 3.8) is 0 Å². The number of fused-ring (bicyclic) bond motifs is 13. The number of nitrogens with zero attached hydrogens (tertiary/aromatic N) is 2. The number of nitrogens with one attached hydrogen (secondary N) is 1. The summed E-state index contributed by atoms with van der Waals surface area (Å²) in [4.78, 5) is 26.4. The van der Waals surface area contributed by atoms with Crippen LogP contribution in [-0.4, -0.2) is 66.3 Å². The molecule has 204 valence electrons. The molecule has 3 aliphatic rings. The van der Waals surface area contributed by atoms with Crippen LogP contribution in [0, 0.1) is 23.3 Å². The van der Waals surface area contributed by atoms with Gasteiger partial charge in [0, 0.05) is 33.7 Å². The standard InChI is InChI=1S/C26H15F4N3O7/c27-8-1-6-12(3-10(8)29)32-18-14(6)16-17(24(39)31-23(16)38)15-7-2-9(28)11(30)4-13(7)33(19(15)18)26(5-34)22(37)20(35)21(36)25(32)40-26/h1-4,20-22,25,34-37H,5H2,(H,31,38,39)/t20-,21-,22+,25-,26+/m1/s1. The predicted molar refractivity (Wildman–Crippen MR) is 127 cm³/mol. The first kappa shape index (κ1) is 23.8. The smallest absolute Gasteiger partial charge is 0.259 e. The van der Waals surface area contributed by atoms with E-state index in [1.807, 2.05) is 0 Å². The highest BCUT2D eigenvalue weighted by molar-refractivity contribution is 6.39. The Morgan fingerprint density at radius 1 is 0.800 bits per heavy atom. The second-order valence-electron chi connectivity index (χ2n) is 10.2. The minimum atomic E-state index is -2.36. The minimum Gasteiger partial charge on any atom is -0.391 e. The number of hydrogen-bond acceptors (Lipinski definition) is 7. The van der Waals surface area contributed by atoms with Crippen LogP contribution in [0.3, 0.4) is 0 Å². The van der Waals surface area contributed by atoms with E-state index in [0.717, 1.165) is 33.4 Å². The van der Waals surface area contributed by atoms with Crippen molar-refractivity contribution in [3.8, 4) is 0 Å². The number of hydrogen-bond donors (Lipinski definition) is 5. The van der Waals surface area contributed by atoms with Crippen molar-refractivity contribution in [2.75, 3.05) is 6.61 Å². The molecule has 5 heterocycles. The summed E-state index contributed by atoms with van der Waals surface area (Å²) < 4.78 is 67.0. The lowest BCUT2D eigenvalue weighted by Crippen LogP contribution is -2.64. The van der Waals surface area contributed by atoms with Crippen LogP contribution in [0.4, 0.5) is 17.6 Å². The van der Waals surface area contributed by atoms with Crippen LogP contribution in [-0.2, 0) is 10.5 Å². The molecule has 0 spiro atoms. The van der Waals surface area contributed by atoms with Gasteiger partial charge in [-0.05, 0) is 12.1 Å². The summed E-state index contributed by atoms with van der Waals surface area (Å²) in [5.41, 5.74) is -3.42. The van der Waals surface area contributed by atoms with Crippen LogP contribution < -0.4 is 5.32 Å². The maximum absolute atomic E-state index is 14.7. The Labute approximate surface area is 218 Å². The van der Waals surface area contributed by atoms with Gasteiger partial charge in [-0.3, -0.25) is 14.9 Å². The molecule has 3 aromatic carbocycles. The Kier molecular flexibility index (Phi) is 4.25. The van der Waals surface area contributed by atoms with Crippen molar-refractivity contribution in [2.24, 2.45) is 0 Å². The van der Waals surface area contributed by atoms with Gasteiger partial charge in [-0.25, -0.2) is 17.6 Å². The van der Waals surface area contributed by atoms with Gasteiger partial charge >= 0.3 is 0 Å². The van der Waals surface area contributed by atoms with E-state index in [2.05, 4.69) is 5.32 Å². The van der Waals surface area contributed by atoms with Gasteiger partial charge in [-0.15, -0.1) is 0 Å². The topological polar surface area (TPSA) is 146 Å². The number of aliphatic hydroxyl groups is 4. The SMILES string of the molecule is O=C1NC(=O)c2c1c1c3cc(F)c(F)cc3n3c1c1c2c2cc(F)c(F)cc2n1[C@@]1(CO)O[C@@H]3[C@H](O)[C@@H](O)[C@@H]1O. The molecule has 14 heteroatoms. The number of benzene rings is 3. The van der Waals surface area contributed by atoms with Gasteiger partial charge in [0.25, 0.3) is 11.8 Å². The van der Waals surface area contributed by atoms with Crippen molar-refractivity contribution >= 4 is 55.4 Å². The van der Waals surface area contributed by atoms with E-state index in [0.29, 0.717) is 0 Å². The number of halogens is 4. The van der Waals surface area contributed by atoms with Crippen molar-refractivity contribution in [3.05, 3.63) is 58.7 Å². The molecule has 2 bridgehead atoms. The number of aliphatic hydroxyl groups excluding tert-OH is 4. The first-order chi connectivity index (χ1) is 19.0. The summed E-state index contributed by atoms with van der Waals surface area (Å²) in [6, 6.07) is 3.06. The third-order valence-electron chi connectivity index (χ3n) is 8.32. The van der Waals surface area contributed by atoms with Crippen LogP contribution in [0.2, 0.25) is 0 Å². The fourth-order valence-corrected chi connectivity index (χ4v) is 6.70. The maximum Gasteiger partial charge on any atom is 0.259 e. The molecule has 0 unspecified atom stereocenters. The van der Waals surface area contributed by atoms with Gasteiger partial charge in [0.05, 0.1) is 39.8 Å². The third kappa shape index (κ3) is 2.39. The van der Waals surface area contributed by atoms with Gasteiger partial charge in [-0.1, -0.05) is 0 Å². The van der Waals surface area contributed by atoms with Crippen molar-refractivity contribution in [1.29, 1.82) is 0 Å². The first-order valence-corrected chi connectivity index (χ1v) is 12.0. The highest BCUT2D eigenvalue weighted by Gasteiger charge is 2.58. The summed E-state index contributed by atoms with van der Waals surface area (Å²) in [5.74, 6) is -7.08. The van der Waals surface area contributed by atoms with E-state index in [1.54, 1.807) is 0 Å². The number of imide groups is 1. The van der Waals surface area contributed by atoms with Crippen LogP contribution in [0.25, 0.3) is 43.6 Å². The fraction of sp³-hybridized carbons (Fsp3) is 0.231. The number of carbonyl (C=O) groups is 2. The number of rotatable bonds is 1. The van der Waals surface area contributed by atoms with Crippen molar-refractivity contribution in [2.45, 2.75) is 30.3 Å². The molecule has 0 radical (unpaired) electrons. The Balaban J connectivity index is 1.79. The number of amides is 2. The Morgan fingerprint density at radius 3 is 1.93 bits per heavy atom. The quantitative estimate of drug-likeness (QED) is 0.156. The highest BCUT2D eigenvalue weighted by Crippen LogP contribution is 2.53. The molecule has 5 atom stereocenters. The number of ether oxygens (including phenoxy) is 1. The molecule has 5 aromatic rings. The molecule has 5 N–H and O–H groups in total. The summed E-state index contributed by atoms with van der Waals surface area (Å²) >= 11 is 0. The van der Waals surface area contributed by atoms with Crippen LogP contribution in [0.5, 0.6) is 0 Å². The summed E-state index contributed by atoms with van der Waals surface area (Å²) in [6.45, 7) is -1.08. The van der Waals surface area contributed by atoms with E-state index in [4.69, 9.17) is 4.74 Å². The van der Waals surface area contributed by atoms with E-state index < -0.39 is 72.0 Å². The summed E-state index contributed by atoms with van der Waals surface area (Å²) in [7, 11) is 0. The zero-order valence-corrected chi connectivity index (χ0v) is 19.7. The second kappa shape index (κ2) is 7.16. The minimum absolute atomic E-state index is 0.0590. The van der Waals surface area contributed by atoms with Crippen LogP contribution in [0.1, 0.15) is 26.9 Å². The van der Waals surface area contributed by atoms with E-state index in [9.17, 15) is 47.6 Å². The van der Waals surface area contributed by atoms with E-state index in [-0.39, 0.29) is 54.7 Å². The molecule has 10 nitrogen and oxygen atoms in total. The summed E-state index contributed by atoms with van der Waals surface area (Å²) in [5, 5.41) is 45.6. The summed E-state index contributed by atoms with van der Waals surface area (Å²) in [6.07, 6.45) is -7.67. The van der Waals surface area contributed by atoms with Gasteiger partial charge in [0.2, 0.25) is 0 Å². The Bertz CT molecular complexity index is 2070. The molecule has 1 saturated heterocycles. The lowest BCUT2D eigenvalue weighted by Gasteiger charge is -2.48.